The molecule has 5 nitrogen and oxygen atoms in total. The predicted molar refractivity (Wildman–Crippen MR) is 76.8 cm³/mol. The number of likely N-dealkylation sites (tertiary alicyclic amines) is 1. The van der Waals surface area contributed by atoms with Crippen LogP contribution in [0, 0.1) is 11.8 Å². The maximum absolute atomic E-state index is 4.35. The molecule has 0 spiro atoms. The van der Waals surface area contributed by atoms with Crippen molar-refractivity contribution in [2.75, 3.05) is 26.7 Å². The third-order valence-electron chi connectivity index (χ3n) is 3.79. The summed E-state index contributed by atoms with van der Waals surface area (Å²) in [5.74, 6) is 2.48. The van der Waals surface area contributed by atoms with E-state index in [-0.39, 0.29) is 0 Å². The molecular formula is C14H27N5. The highest BCUT2D eigenvalue weighted by Crippen LogP contribution is 2.14. The summed E-state index contributed by atoms with van der Waals surface area (Å²) >= 11 is 0. The first-order chi connectivity index (χ1) is 9.15. The SMILES string of the molecule is CC(C)Cn1ncnc1CNCC1CCN(C)CC1. The zero-order chi connectivity index (χ0) is 13.7. The highest BCUT2D eigenvalue weighted by atomic mass is 15.3. The van der Waals surface area contributed by atoms with Crippen molar-refractivity contribution >= 4 is 0 Å². The summed E-state index contributed by atoms with van der Waals surface area (Å²) in [6, 6.07) is 0. The van der Waals surface area contributed by atoms with Crippen molar-refractivity contribution in [3.63, 3.8) is 0 Å². The first kappa shape index (κ1) is 14.5. The molecule has 1 aliphatic heterocycles. The Morgan fingerprint density at radius 3 is 2.79 bits per heavy atom. The van der Waals surface area contributed by atoms with Crippen LogP contribution in [-0.4, -0.2) is 46.3 Å². The molecule has 0 aliphatic carbocycles. The van der Waals surface area contributed by atoms with Crippen LogP contribution in [0.5, 0.6) is 0 Å². The molecular weight excluding hydrogens is 238 g/mol. The number of rotatable bonds is 6. The lowest BCUT2D eigenvalue weighted by molar-refractivity contribution is 0.215. The molecule has 0 amide bonds. The van der Waals surface area contributed by atoms with Crippen molar-refractivity contribution in [2.45, 2.75) is 39.8 Å². The van der Waals surface area contributed by atoms with Gasteiger partial charge in [-0.2, -0.15) is 5.10 Å². The van der Waals surface area contributed by atoms with Gasteiger partial charge in [-0.25, -0.2) is 9.67 Å². The molecule has 5 heteroatoms. The van der Waals surface area contributed by atoms with Crippen LogP contribution in [0.4, 0.5) is 0 Å². The first-order valence-corrected chi connectivity index (χ1v) is 7.41. The number of hydrogen-bond acceptors (Lipinski definition) is 4. The van der Waals surface area contributed by atoms with Crippen molar-refractivity contribution < 1.29 is 0 Å². The van der Waals surface area contributed by atoms with Crippen molar-refractivity contribution in [3.05, 3.63) is 12.2 Å². The zero-order valence-electron chi connectivity index (χ0n) is 12.5. The predicted octanol–water partition coefficient (Wildman–Crippen LogP) is 1.37. The van der Waals surface area contributed by atoms with Gasteiger partial charge in [0.25, 0.3) is 0 Å². The average molecular weight is 265 g/mol. The average Bonchev–Trinajstić information content (AvgIpc) is 2.78. The van der Waals surface area contributed by atoms with Gasteiger partial charge in [0.05, 0.1) is 6.54 Å². The molecule has 0 unspecified atom stereocenters. The lowest BCUT2D eigenvalue weighted by Gasteiger charge is -2.29. The lowest BCUT2D eigenvalue weighted by atomic mass is 9.97. The van der Waals surface area contributed by atoms with E-state index in [1.165, 1.54) is 25.9 Å². The molecule has 0 radical (unpaired) electrons. The molecule has 1 saturated heterocycles. The van der Waals surface area contributed by atoms with Crippen LogP contribution < -0.4 is 5.32 Å². The molecule has 0 aromatic carbocycles. The minimum Gasteiger partial charge on any atom is -0.310 e. The lowest BCUT2D eigenvalue weighted by Crippen LogP contribution is -2.35. The maximum Gasteiger partial charge on any atom is 0.140 e. The second kappa shape index (κ2) is 7.01. The fraction of sp³-hybridized carbons (Fsp3) is 0.857. The Bertz CT molecular complexity index is 366. The summed E-state index contributed by atoms with van der Waals surface area (Å²) < 4.78 is 2.02. The van der Waals surface area contributed by atoms with Gasteiger partial charge >= 0.3 is 0 Å². The van der Waals surface area contributed by atoms with Gasteiger partial charge in [0.2, 0.25) is 0 Å². The minimum absolute atomic E-state index is 0.606. The Kier molecular flexibility index (Phi) is 5.34. The summed E-state index contributed by atoms with van der Waals surface area (Å²) in [4.78, 5) is 6.76. The third kappa shape index (κ3) is 4.58. The van der Waals surface area contributed by atoms with Crippen LogP contribution in [0.3, 0.4) is 0 Å². The van der Waals surface area contributed by atoms with Crippen molar-refractivity contribution in [1.29, 1.82) is 0 Å². The Balaban J connectivity index is 1.72. The van der Waals surface area contributed by atoms with E-state index in [1.54, 1.807) is 6.33 Å². The highest BCUT2D eigenvalue weighted by molar-refractivity contribution is 4.84. The minimum atomic E-state index is 0.606. The van der Waals surface area contributed by atoms with E-state index in [0.29, 0.717) is 5.92 Å². The largest absolute Gasteiger partial charge is 0.310 e. The third-order valence-corrected chi connectivity index (χ3v) is 3.79. The van der Waals surface area contributed by atoms with E-state index >= 15 is 0 Å². The molecule has 0 bridgehead atoms. The van der Waals surface area contributed by atoms with Gasteiger partial charge < -0.3 is 10.2 Å². The van der Waals surface area contributed by atoms with E-state index in [2.05, 4.69) is 41.2 Å². The topological polar surface area (TPSA) is 46.0 Å². The van der Waals surface area contributed by atoms with Crippen LogP contribution >= 0.6 is 0 Å². The van der Waals surface area contributed by atoms with E-state index in [9.17, 15) is 0 Å². The van der Waals surface area contributed by atoms with Crippen molar-refractivity contribution in [1.82, 2.24) is 25.0 Å². The first-order valence-electron chi connectivity index (χ1n) is 7.41. The van der Waals surface area contributed by atoms with Gasteiger partial charge in [-0.05, 0) is 51.4 Å². The summed E-state index contributed by atoms with van der Waals surface area (Å²) in [6.45, 7) is 9.76. The van der Waals surface area contributed by atoms with Gasteiger partial charge in [-0.3, -0.25) is 0 Å². The molecule has 0 saturated carbocycles. The van der Waals surface area contributed by atoms with E-state index in [0.717, 1.165) is 31.4 Å². The molecule has 19 heavy (non-hydrogen) atoms. The Hall–Kier alpha value is -0.940. The second-order valence-corrected chi connectivity index (χ2v) is 6.13. The van der Waals surface area contributed by atoms with Crippen molar-refractivity contribution in [2.24, 2.45) is 11.8 Å². The van der Waals surface area contributed by atoms with Gasteiger partial charge in [0, 0.05) is 6.54 Å². The van der Waals surface area contributed by atoms with Gasteiger partial charge in [-0.15, -0.1) is 0 Å². The molecule has 2 rings (SSSR count). The number of hydrogen-bond donors (Lipinski definition) is 1. The highest BCUT2D eigenvalue weighted by Gasteiger charge is 2.16. The van der Waals surface area contributed by atoms with Gasteiger partial charge in [0.1, 0.15) is 12.2 Å². The van der Waals surface area contributed by atoms with Crippen LogP contribution in [0.25, 0.3) is 0 Å². The maximum atomic E-state index is 4.35. The molecule has 108 valence electrons. The van der Waals surface area contributed by atoms with Gasteiger partial charge in [-0.1, -0.05) is 13.8 Å². The quantitative estimate of drug-likeness (QED) is 0.844. The number of piperidine rings is 1. The normalized spacial score (nSPS) is 18.3. The van der Waals surface area contributed by atoms with Crippen molar-refractivity contribution in [3.8, 4) is 0 Å². The second-order valence-electron chi connectivity index (χ2n) is 6.13. The molecule has 0 atom stereocenters. The monoisotopic (exact) mass is 265 g/mol. The Morgan fingerprint density at radius 1 is 1.37 bits per heavy atom. The number of nitrogens with zero attached hydrogens (tertiary/aromatic N) is 4. The number of nitrogens with one attached hydrogen (secondary N) is 1. The standard InChI is InChI=1S/C14H27N5/c1-12(2)10-19-14(16-11-17-19)9-15-8-13-4-6-18(3)7-5-13/h11-13,15H,4-10H2,1-3H3. The van der Waals surface area contributed by atoms with E-state index < -0.39 is 0 Å². The zero-order valence-corrected chi connectivity index (χ0v) is 12.5. The van der Waals surface area contributed by atoms with Crippen LogP contribution in [0.2, 0.25) is 0 Å². The molecule has 1 aromatic rings. The van der Waals surface area contributed by atoms with Crippen LogP contribution in [-0.2, 0) is 13.1 Å². The smallest absolute Gasteiger partial charge is 0.140 e. The molecule has 1 aromatic heterocycles. The summed E-state index contributed by atoms with van der Waals surface area (Å²) in [5, 5.41) is 7.83. The van der Waals surface area contributed by atoms with Gasteiger partial charge in [0.15, 0.2) is 0 Å². The molecule has 1 fully saturated rings. The number of aromatic nitrogens is 3. The molecule has 1 N–H and O–H groups in total. The van der Waals surface area contributed by atoms with E-state index in [1.807, 2.05) is 4.68 Å². The summed E-state index contributed by atoms with van der Waals surface area (Å²) in [7, 11) is 2.21. The molecule has 1 aliphatic rings. The fourth-order valence-electron chi connectivity index (χ4n) is 2.58. The Labute approximate surface area is 116 Å². The summed E-state index contributed by atoms with van der Waals surface area (Å²) in [6.07, 6.45) is 4.28. The Morgan fingerprint density at radius 2 is 2.11 bits per heavy atom. The fourth-order valence-corrected chi connectivity index (χ4v) is 2.58. The van der Waals surface area contributed by atoms with E-state index in [4.69, 9.17) is 0 Å². The van der Waals surface area contributed by atoms with Crippen LogP contribution in [0.1, 0.15) is 32.5 Å². The summed E-state index contributed by atoms with van der Waals surface area (Å²) in [5.41, 5.74) is 0. The van der Waals surface area contributed by atoms with Crippen LogP contribution in [0.15, 0.2) is 6.33 Å². The molecule has 2 heterocycles.